The quantitative estimate of drug-likeness (QED) is 0.626. The minimum absolute atomic E-state index is 1.17. The molecule has 1 aromatic rings. The summed E-state index contributed by atoms with van der Waals surface area (Å²) in [6.07, 6.45) is 1.83. The second-order valence-electron chi connectivity index (χ2n) is 1.84. The predicted octanol–water partition coefficient (Wildman–Crippen LogP) is 2.36. The van der Waals surface area contributed by atoms with Gasteiger partial charge in [0.1, 0.15) is 0 Å². The Balaban J connectivity index is 0.000000261. The molecule has 58 valence electrons. The molecule has 0 aromatic heterocycles. The van der Waals surface area contributed by atoms with Crippen molar-refractivity contribution in [3.63, 3.8) is 0 Å². The van der Waals surface area contributed by atoms with Crippen molar-refractivity contribution >= 4 is 6.08 Å². The van der Waals surface area contributed by atoms with E-state index in [1.807, 2.05) is 36.4 Å². The average Bonchev–Trinajstić information content (AvgIpc) is 2.19. The number of rotatable bonds is 1. The third-order valence-electron chi connectivity index (χ3n) is 1.09. The fourth-order valence-corrected chi connectivity index (χ4v) is 0.589. The van der Waals surface area contributed by atoms with Crippen molar-refractivity contribution < 1.29 is 0 Å². The third-order valence-corrected chi connectivity index (χ3v) is 1.09. The van der Waals surface area contributed by atoms with Crippen LogP contribution in [0.2, 0.25) is 0 Å². The maximum atomic E-state index is 7.26. The van der Waals surface area contributed by atoms with Crippen LogP contribution in [0.25, 0.3) is 6.08 Å². The molecule has 0 radical (unpaired) electrons. The zero-order valence-corrected chi connectivity index (χ0v) is 6.57. The second kappa shape index (κ2) is 7.05. The highest BCUT2D eigenvalue weighted by Gasteiger charge is 1.75. The van der Waals surface area contributed by atoms with Gasteiger partial charge < -0.3 is 0 Å². The van der Waals surface area contributed by atoms with Gasteiger partial charge in [-0.2, -0.15) is 10.5 Å². The highest BCUT2D eigenvalue weighted by molar-refractivity contribution is 5.45. The van der Waals surface area contributed by atoms with E-state index >= 15 is 0 Å². The van der Waals surface area contributed by atoms with Crippen molar-refractivity contribution in [2.75, 3.05) is 0 Å². The maximum absolute atomic E-state index is 7.26. The molecule has 0 bridgehead atoms. The van der Waals surface area contributed by atoms with Gasteiger partial charge in [0.2, 0.25) is 0 Å². The first kappa shape index (κ1) is 9.94. The van der Waals surface area contributed by atoms with Crippen molar-refractivity contribution in [2.24, 2.45) is 0 Å². The highest BCUT2D eigenvalue weighted by atomic mass is 14.3. The van der Waals surface area contributed by atoms with Gasteiger partial charge in [-0.3, -0.25) is 0 Å². The normalized spacial score (nSPS) is 6.50. The van der Waals surface area contributed by atoms with Crippen LogP contribution < -0.4 is 0 Å². The first-order valence-electron chi connectivity index (χ1n) is 3.30. The Morgan fingerprint density at radius 2 is 1.58 bits per heavy atom. The molecule has 0 saturated heterocycles. The number of benzene rings is 1. The molecule has 0 aliphatic rings. The van der Waals surface area contributed by atoms with Crippen LogP contribution >= 0.6 is 0 Å². The summed E-state index contributed by atoms with van der Waals surface area (Å²) in [6.45, 7) is 3.63. The molecular weight excluding hydrogens is 148 g/mol. The molecule has 0 aliphatic heterocycles. The summed E-state index contributed by atoms with van der Waals surface area (Å²) >= 11 is 0. The standard InChI is InChI=1S/C8H8.C2N2/c1-2-8-6-4-3-5-7-8;3-1-2-4/h2-7H,1H2;. The monoisotopic (exact) mass is 156 g/mol. The molecular formula is C10H8N2. The molecule has 0 heterocycles. The molecule has 0 unspecified atom stereocenters. The molecule has 1 rings (SSSR count). The molecule has 2 nitrogen and oxygen atoms in total. The van der Waals surface area contributed by atoms with Crippen LogP contribution in [0.3, 0.4) is 0 Å². The van der Waals surface area contributed by atoms with E-state index in [9.17, 15) is 0 Å². The van der Waals surface area contributed by atoms with Crippen LogP contribution in [0, 0.1) is 22.7 Å². The van der Waals surface area contributed by atoms with Crippen LogP contribution in [0.1, 0.15) is 5.56 Å². The van der Waals surface area contributed by atoms with Crippen molar-refractivity contribution in [1.82, 2.24) is 0 Å². The van der Waals surface area contributed by atoms with Gasteiger partial charge in [0.25, 0.3) is 0 Å². The summed E-state index contributed by atoms with van der Waals surface area (Å²) in [7, 11) is 0. The Hall–Kier alpha value is -2.06. The Kier molecular flexibility index (Phi) is 5.84. The summed E-state index contributed by atoms with van der Waals surface area (Å²) in [5.74, 6) is 0. The smallest absolute Gasteiger partial charge is 0.181 e. The molecule has 0 N–H and O–H groups in total. The summed E-state index contributed by atoms with van der Waals surface area (Å²) in [4.78, 5) is 0. The summed E-state index contributed by atoms with van der Waals surface area (Å²) < 4.78 is 0. The molecule has 1 aromatic carbocycles. The van der Waals surface area contributed by atoms with E-state index in [4.69, 9.17) is 10.5 Å². The van der Waals surface area contributed by atoms with Crippen LogP contribution in [0.15, 0.2) is 36.9 Å². The largest absolute Gasteiger partial charge is 0.181 e. The lowest BCUT2D eigenvalue weighted by atomic mass is 10.2. The summed E-state index contributed by atoms with van der Waals surface area (Å²) in [5.41, 5.74) is 1.17. The van der Waals surface area contributed by atoms with Crippen LogP contribution in [-0.4, -0.2) is 0 Å². The molecule has 0 aliphatic carbocycles. The van der Waals surface area contributed by atoms with E-state index < -0.39 is 0 Å². The zero-order valence-electron chi connectivity index (χ0n) is 6.57. The molecule has 12 heavy (non-hydrogen) atoms. The second-order valence-corrected chi connectivity index (χ2v) is 1.84. The first-order valence-corrected chi connectivity index (χ1v) is 3.30. The topological polar surface area (TPSA) is 47.6 Å². The van der Waals surface area contributed by atoms with E-state index in [1.165, 1.54) is 17.7 Å². The predicted molar refractivity (Wildman–Crippen MR) is 47.8 cm³/mol. The summed E-state index contributed by atoms with van der Waals surface area (Å²) in [6, 6.07) is 12.5. The van der Waals surface area contributed by atoms with Gasteiger partial charge in [-0.15, -0.1) is 0 Å². The van der Waals surface area contributed by atoms with Crippen LogP contribution in [0.4, 0.5) is 0 Å². The van der Waals surface area contributed by atoms with E-state index in [0.29, 0.717) is 0 Å². The Morgan fingerprint density at radius 1 is 1.08 bits per heavy atom. The zero-order chi connectivity index (χ0) is 9.23. The van der Waals surface area contributed by atoms with E-state index in [2.05, 4.69) is 6.58 Å². The van der Waals surface area contributed by atoms with Crippen LogP contribution in [0.5, 0.6) is 0 Å². The third kappa shape index (κ3) is 4.78. The van der Waals surface area contributed by atoms with E-state index in [-0.39, 0.29) is 0 Å². The Bertz CT molecular complexity index is 289. The molecule has 0 fully saturated rings. The molecule has 0 amide bonds. The average molecular weight is 156 g/mol. The van der Waals surface area contributed by atoms with Crippen molar-refractivity contribution in [2.45, 2.75) is 0 Å². The maximum Gasteiger partial charge on any atom is 0.181 e. The molecule has 0 saturated carbocycles. The van der Waals surface area contributed by atoms with Gasteiger partial charge in [-0.05, 0) is 5.56 Å². The SMILES string of the molecule is C=Cc1ccccc1.N#CC#N. The Morgan fingerprint density at radius 3 is 1.83 bits per heavy atom. The lowest BCUT2D eigenvalue weighted by molar-refractivity contribution is 1.49. The number of nitriles is 2. The summed E-state index contributed by atoms with van der Waals surface area (Å²) in [5, 5.41) is 14.5. The molecule has 0 spiro atoms. The van der Waals surface area contributed by atoms with Gasteiger partial charge in [0, 0.05) is 0 Å². The van der Waals surface area contributed by atoms with Gasteiger partial charge >= 0.3 is 0 Å². The van der Waals surface area contributed by atoms with Gasteiger partial charge in [-0.1, -0.05) is 43.0 Å². The minimum Gasteiger partial charge on any atom is -0.181 e. The Labute approximate surface area is 72.0 Å². The minimum atomic E-state index is 1.17. The number of nitrogens with zero attached hydrogens (tertiary/aromatic N) is 2. The van der Waals surface area contributed by atoms with E-state index in [1.54, 1.807) is 0 Å². The number of hydrogen-bond donors (Lipinski definition) is 0. The van der Waals surface area contributed by atoms with Crippen molar-refractivity contribution in [3.05, 3.63) is 42.5 Å². The first-order chi connectivity index (χ1) is 5.85. The fraction of sp³-hybridized carbons (Fsp3) is 0. The van der Waals surface area contributed by atoms with Crippen molar-refractivity contribution in [1.29, 1.82) is 10.5 Å². The highest BCUT2D eigenvalue weighted by Crippen LogP contribution is 1.97. The molecule has 2 heteroatoms. The van der Waals surface area contributed by atoms with Crippen molar-refractivity contribution in [3.8, 4) is 12.1 Å². The van der Waals surface area contributed by atoms with Gasteiger partial charge in [-0.25, -0.2) is 0 Å². The van der Waals surface area contributed by atoms with Crippen LogP contribution in [-0.2, 0) is 0 Å². The number of hydrogen-bond acceptors (Lipinski definition) is 2. The van der Waals surface area contributed by atoms with Gasteiger partial charge in [0.05, 0.1) is 0 Å². The fourth-order valence-electron chi connectivity index (χ4n) is 0.589. The van der Waals surface area contributed by atoms with E-state index in [0.717, 1.165) is 0 Å². The molecule has 0 atom stereocenters. The lowest BCUT2D eigenvalue weighted by Gasteiger charge is -1.85. The lowest BCUT2D eigenvalue weighted by Crippen LogP contribution is -1.63. The van der Waals surface area contributed by atoms with Gasteiger partial charge in [0.15, 0.2) is 12.1 Å².